The lowest BCUT2D eigenvalue weighted by atomic mass is 9.93. The molecule has 0 saturated heterocycles. The van der Waals surface area contributed by atoms with E-state index in [0.717, 1.165) is 12.3 Å². The first kappa shape index (κ1) is 13.8. The molecule has 0 spiro atoms. The van der Waals surface area contributed by atoms with Crippen LogP contribution in [0.1, 0.15) is 19.4 Å². The van der Waals surface area contributed by atoms with E-state index in [1.807, 2.05) is 12.1 Å². The normalized spacial score (nSPS) is 13.9. The second-order valence-corrected chi connectivity index (χ2v) is 4.64. The zero-order chi connectivity index (χ0) is 12.8. The molecule has 1 aromatic rings. The first-order valence-corrected chi connectivity index (χ1v) is 6.03. The molecule has 94 valence electrons. The van der Waals surface area contributed by atoms with E-state index in [1.165, 1.54) is 11.1 Å². The summed E-state index contributed by atoms with van der Waals surface area (Å²) in [5.41, 5.74) is 2.67. The summed E-state index contributed by atoms with van der Waals surface area (Å²) >= 11 is 0. The van der Waals surface area contributed by atoms with Crippen molar-refractivity contribution in [1.29, 1.82) is 0 Å². The molecule has 0 aliphatic carbocycles. The molecule has 0 fully saturated rings. The Bertz CT molecular complexity index is 365. The molecular weight excluding hydrogens is 210 g/mol. The van der Waals surface area contributed by atoms with Crippen molar-refractivity contribution < 1.29 is 4.74 Å². The van der Waals surface area contributed by atoms with E-state index in [1.54, 1.807) is 7.11 Å². The third kappa shape index (κ3) is 3.90. The predicted octanol–water partition coefficient (Wildman–Crippen LogP) is 3.30. The van der Waals surface area contributed by atoms with Crippen LogP contribution in [0.3, 0.4) is 0 Å². The SMILES string of the molecule is CC=C(c1ccc(OC)cc1)[C@@H](C)CN(C)C. The van der Waals surface area contributed by atoms with Crippen LogP contribution in [0.5, 0.6) is 5.75 Å². The summed E-state index contributed by atoms with van der Waals surface area (Å²) in [6.07, 6.45) is 2.20. The van der Waals surface area contributed by atoms with E-state index in [9.17, 15) is 0 Å². The van der Waals surface area contributed by atoms with Crippen LogP contribution in [-0.4, -0.2) is 32.6 Å². The van der Waals surface area contributed by atoms with E-state index in [0.29, 0.717) is 5.92 Å². The van der Waals surface area contributed by atoms with Crippen LogP contribution in [-0.2, 0) is 0 Å². The number of methoxy groups -OCH3 is 1. The molecule has 0 unspecified atom stereocenters. The summed E-state index contributed by atoms with van der Waals surface area (Å²) in [6, 6.07) is 8.28. The molecule has 0 N–H and O–H groups in total. The Morgan fingerprint density at radius 3 is 2.29 bits per heavy atom. The van der Waals surface area contributed by atoms with E-state index in [4.69, 9.17) is 4.74 Å². The van der Waals surface area contributed by atoms with Gasteiger partial charge in [0.1, 0.15) is 5.75 Å². The van der Waals surface area contributed by atoms with E-state index >= 15 is 0 Å². The molecule has 0 heterocycles. The van der Waals surface area contributed by atoms with Crippen molar-refractivity contribution in [2.75, 3.05) is 27.7 Å². The Morgan fingerprint density at radius 1 is 1.29 bits per heavy atom. The monoisotopic (exact) mass is 233 g/mol. The first-order chi connectivity index (χ1) is 8.08. The molecule has 0 saturated carbocycles. The van der Waals surface area contributed by atoms with E-state index < -0.39 is 0 Å². The number of rotatable bonds is 5. The largest absolute Gasteiger partial charge is 0.497 e. The summed E-state index contributed by atoms with van der Waals surface area (Å²) < 4.78 is 5.18. The van der Waals surface area contributed by atoms with Crippen molar-refractivity contribution in [3.8, 4) is 5.75 Å². The van der Waals surface area contributed by atoms with Crippen LogP contribution in [0, 0.1) is 5.92 Å². The van der Waals surface area contributed by atoms with Crippen molar-refractivity contribution in [1.82, 2.24) is 4.90 Å². The van der Waals surface area contributed by atoms with Gasteiger partial charge in [-0.25, -0.2) is 0 Å². The third-order valence-corrected chi connectivity index (χ3v) is 2.90. The summed E-state index contributed by atoms with van der Waals surface area (Å²) in [6.45, 7) is 5.43. The quantitative estimate of drug-likeness (QED) is 0.773. The fourth-order valence-corrected chi connectivity index (χ4v) is 2.17. The lowest BCUT2D eigenvalue weighted by Gasteiger charge is -2.20. The topological polar surface area (TPSA) is 12.5 Å². The number of nitrogens with zero attached hydrogens (tertiary/aromatic N) is 1. The molecule has 1 atom stereocenters. The fourth-order valence-electron chi connectivity index (χ4n) is 2.17. The summed E-state index contributed by atoms with van der Waals surface area (Å²) in [7, 11) is 5.91. The van der Waals surface area contributed by atoms with E-state index in [2.05, 4.69) is 51.1 Å². The van der Waals surface area contributed by atoms with Gasteiger partial charge in [0.25, 0.3) is 0 Å². The van der Waals surface area contributed by atoms with Crippen molar-refractivity contribution in [2.24, 2.45) is 5.92 Å². The highest BCUT2D eigenvalue weighted by molar-refractivity contribution is 5.67. The maximum Gasteiger partial charge on any atom is 0.118 e. The second kappa shape index (κ2) is 6.45. The Morgan fingerprint density at radius 2 is 1.88 bits per heavy atom. The van der Waals surface area contributed by atoms with Crippen LogP contribution < -0.4 is 4.74 Å². The van der Waals surface area contributed by atoms with Gasteiger partial charge in [0.05, 0.1) is 7.11 Å². The van der Waals surface area contributed by atoms with Crippen molar-refractivity contribution in [2.45, 2.75) is 13.8 Å². The third-order valence-electron chi connectivity index (χ3n) is 2.90. The predicted molar refractivity (Wildman–Crippen MR) is 74.4 cm³/mol. The molecule has 0 aliphatic rings. The smallest absolute Gasteiger partial charge is 0.118 e. The zero-order valence-corrected chi connectivity index (χ0v) is 11.5. The van der Waals surface area contributed by atoms with Gasteiger partial charge in [-0.2, -0.15) is 0 Å². The number of hydrogen-bond acceptors (Lipinski definition) is 2. The molecule has 17 heavy (non-hydrogen) atoms. The van der Waals surface area contributed by atoms with Crippen LogP contribution in [0.25, 0.3) is 5.57 Å². The molecule has 0 radical (unpaired) electrons. The summed E-state index contributed by atoms with van der Waals surface area (Å²) in [5.74, 6) is 1.44. The Balaban J connectivity index is 2.86. The second-order valence-electron chi connectivity index (χ2n) is 4.64. The summed E-state index contributed by atoms with van der Waals surface area (Å²) in [5, 5.41) is 0. The minimum Gasteiger partial charge on any atom is -0.497 e. The molecule has 1 aromatic carbocycles. The van der Waals surface area contributed by atoms with Crippen molar-refractivity contribution in [3.63, 3.8) is 0 Å². The minimum atomic E-state index is 0.531. The first-order valence-electron chi connectivity index (χ1n) is 6.03. The van der Waals surface area contributed by atoms with Gasteiger partial charge in [0.2, 0.25) is 0 Å². The van der Waals surface area contributed by atoms with Gasteiger partial charge in [0, 0.05) is 6.54 Å². The molecular formula is C15H23NO. The molecule has 0 amide bonds. The Hall–Kier alpha value is -1.28. The molecule has 0 bridgehead atoms. The lowest BCUT2D eigenvalue weighted by Crippen LogP contribution is -2.20. The average molecular weight is 233 g/mol. The number of hydrogen-bond donors (Lipinski definition) is 0. The van der Waals surface area contributed by atoms with Crippen LogP contribution >= 0.6 is 0 Å². The lowest BCUT2D eigenvalue weighted by molar-refractivity contribution is 0.376. The van der Waals surface area contributed by atoms with Gasteiger partial charge in [-0.1, -0.05) is 25.1 Å². The summed E-state index contributed by atoms with van der Waals surface area (Å²) in [4.78, 5) is 2.22. The molecule has 2 heteroatoms. The highest BCUT2D eigenvalue weighted by Crippen LogP contribution is 2.25. The van der Waals surface area contributed by atoms with Gasteiger partial charge in [0.15, 0.2) is 0 Å². The zero-order valence-electron chi connectivity index (χ0n) is 11.5. The fraction of sp³-hybridized carbons (Fsp3) is 0.467. The van der Waals surface area contributed by atoms with Gasteiger partial charge in [-0.05, 0) is 50.2 Å². The Labute approximate surface area is 105 Å². The van der Waals surface area contributed by atoms with Crippen molar-refractivity contribution in [3.05, 3.63) is 35.9 Å². The highest BCUT2D eigenvalue weighted by atomic mass is 16.5. The van der Waals surface area contributed by atoms with Crippen LogP contribution in [0.15, 0.2) is 30.3 Å². The standard InChI is InChI=1S/C15H23NO/c1-6-15(12(2)11-16(3)4)13-7-9-14(17-5)10-8-13/h6-10,12H,11H2,1-5H3/t12-/m0/s1. The van der Waals surface area contributed by atoms with Crippen LogP contribution in [0.2, 0.25) is 0 Å². The molecule has 0 aliphatic heterocycles. The van der Waals surface area contributed by atoms with E-state index in [-0.39, 0.29) is 0 Å². The van der Waals surface area contributed by atoms with Gasteiger partial charge in [-0.3, -0.25) is 0 Å². The number of benzene rings is 1. The van der Waals surface area contributed by atoms with Crippen molar-refractivity contribution >= 4 is 5.57 Å². The van der Waals surface area contributed by atoms with Gasteiger partial charge in [-0.15, -0.1) is 0 Å². The number of allylic oxidation sites excluding steroid dienone is 1. The maximum absolute atomic E-state index is 5.18. The molecule has 0 aromatic heterocycles. The van der Waals surface area contributed by atoms with Gasteiger partial charge < -0.3 is 9.64 Å². The number of ether oxygens (including phenoxy) is 1. The Kier molecular flexibility index (Phi) is 5.23. The maximum atomic E-state index is 5.18. The highest BCUT2D eigenvalue weighted by Gasteiger charge is 2.11. The molecule has 1 rings (SSSR count). The average Bonchev–Trinajstić information content (AvgIpc) is 2.30. The minimum absolute atomic E-state index is 0.531. The molecule has 2 nitrogen and oxygen atoms in total. The van der Waals surface area contributed by atoms with Crippen LogP contribution in [0.4, 0.5) is 0 Å². The van der Waals surface area contributed by atoms with Gasteiger partial charge >= 0.3 is 0 Å².